The van der Waals surface area contributed by atoms with Gasteiger partial charge in [-0.1, -0.05) is 0 Å². The number of hydrogen-bond acceptors (Lipinski definition) is 5. The van der Waals surface area contributed by atoms with Gasteiger partial charge >= 0.3 is 0 Å². The quantitative estimate of drug-likeness (QED) is 0.820. The first kappa shape index (κ1) is 11.4. The van der Waals surface area contributed by atoms with Crippen LogP contribution in [0.15, 0.2) is 24.7 Å². The van der Waals surface area contributed by atoms with Crippen LogP contribution in [-0.2, 0) is 6.54 Å². The molecular formula is C11H15N5O. The Kier molecular flexibility index (Phi) is 3.54. The Hall–Kier alpha value is -2.11. The molecule has 0 spiro atoms. The third kappa shape index (κ3) is 3.44. The number of ether oxygens (including phenoxy) is 1. The van der Waals surface area contributed by atoms with Gasteiger partial charge in [0.15, 0.2) is 0 Å². The van der Waals surface area contributed by atoms with E-state index in [-0.39, 0.29) is 6.10 Å². The van der Waals surface area contributed by atoms with Crippen molar-refractivity contribution in [2.45, 2.75) is 26.5 Å². The minimum Gasteiger partial charge on any atom is -0.475 e. The van der Waals surface area contributed by atoms with E-state index in [0.29, 0.717) is 12.4 Å². The molecular weight excluding hydrogens is 218 g/mol. The van der Waals surface area contributed by atoms with Gasteiger partial charge < -0.3 is 10.1 Å². The molecule has 0 atom stereocenters. The van der Waals surface area contributed by atoms with Crippen molar-refractivity contribution < 1.29 is 4.74 Å². The molecule has 0 aliphatic carbocycles. The number of H-pyrrole nitrogens is 1. The van der Waals surface area contributed by atoms with Gasteiger partial charge in [-0.05, 0) is 19.9 Å². The lowest BCUT2D eigenvalue weighted by Gasteiger charge is -2.09. The number of hydrogen-bond donors (Lipinski definition) is 2. The molecule has 0 radical (unpaired) electrons. The molecule has 6 nitrogen and oxygen atoms in total. The van der Waals surface area contributed by atoms with Gasteiger partial charge in [0.25, 0.3) is 0 Å². The zero-order chi connectivity index (χ0) is 12.1. The topological polar surface area (TPSA) is 75.7 Å². The molecule has 0 aromatic carbocycles. The van der Waals surface area contributed by atoms with Crippen LogP contribution in [-0.4, -0.2) is 26.3 Å². The molecule has 0 bridgehead atoms. The van der Waals surface area contributed by atoms with E-state index in [1.807, 2.05) is 19.9 Å². The van der Waals surface area contributed by atoms with Crippen LogP contribution >= 0.6 is 0 Å². The molecule has 0 aliphatic rings. The predicted molar refractivity (Wildman–Crippen MR) is 63.7 cm³/mol. The number of rotatable bonds is 5. The lowest BCUT2D eigenvalue weighted by Crippen LogP contribution is -2.08. The van der Waals surface area contributed by atoms with Gasteiger partial charge in [0.05, 0.1) is 18.3 Å². The molecule has 17 heavy (non-hydrogen) atoms. The van der Waals surface area contributed by atoms with Crippen LogP contribution in [0.25, 0.3) is 0 Å². The predicted octanol–water partition coefficient (Wildman–Crippen LogP) is 1.60. The molecule has 0 amide bonds. The normalized spacial score (nSPS) is 10.5. The third-order valence-corrected chi connectivity index (χ3v) is 2.02. The fourth-order valence-electron chi connectivity index (χ4n) is 1.31. The Bertz CT molecular complexity index is 455. The van der Waals surface area contributed by atoms with Crippen LogP contribution in [0.2, 0.25) is 0 Å². The highest BCUT2D eigenvalue weighted by Gasteiger charge is 2.02. The van der Waals surface area contributed by atoms with Gasteiger partial charge in [-0.3, -0.25) is 5.10 Å². The third-order valence-electron chi connectivity index (χ3n) is 2.02. The summed E-state index contributed by atoms with van der Waals surface area (Å²) in [6.07, 6.45) is 3.29. The Morgan fingerprint density at radius 2 is 2.29 bits per heavy atom. The molecule has 0 aliphatic heterocycles. The maximum absolute atomic E-state index is 5.48. The van der Waals surface area contributed by atoms with E-state index >= 15 is 0 Å². The highest BCUT2D eigenvalue weighted by Crippen LogP contribution is 2.12. The summed E-state index contributed by atoms with van der Waals surface area (Å²) in [6, 6.07) is 3.68. The van der Waals surface area contributed by atoms with E-state index in [4.69, 9.17) is 4.74 Å². The zero-order valence-electron chi connectivity index (χ0n) is 9.84. The van der Waals surface area contributed by atoms with E-state index in [1.165, 1.54) is 6.33 Å². The van der Waals surface area contributed by atoms with Crippen molar-refractivity contribution in [1.29, 1.82) is 0 Å². The molecule has 0 unspecified atom stereocenters. The van der Waals surface area contributed by atoms with Crippen LogP contribution in [0.3, 0.4) is 0 Å². The maximum atomic E-state index is 5.48. The second-order valence-corrected chi connectivity index (χ2v) is 3.84. The van der Waals surface area contributed by atoms with Crippen molar-refractivity contribution in [3.63, 3.8) is 0 Å². The average Bonchev–Trinajstić information content (AvgIpc) is 2.79. The monoisotopic (exact) mass is 233 g/mol. The van der Waals surface area contributed by atoms with Crippen molar-refractivity contribution in [2.75, 3.05) is 5.32 Å². The van der Waals surface area contributed by atoms with Crippen molar-refractivity contribution in [3.05, 3.63) is 30.4 Å². The molecule has 2 heterocycles. The van der Waals surface area contributed by atoms with Gasteiger partial charge in [0.2, 0.25) is 5.88 Å². The summed E-state index contributed by atoms with van der Waals surface area (Å²) in [6.45, 7) is 4.55. The summed E-state index contributed by atoms with van der Waals surface area (Å²) in [4.78, 5) is 8.14. The Labute approximate surface area is 99.4 Å². The SMILES string of the molecule is CC(C)Oc1cc(NCc2ccn[nH]2)ncn1. The summed E-state index contributed by atoms with van der Waals surface area (Å²) >= 11 is 0. The molecule has 2 aromatic rings. The maximum Gasteiger partial charge on any atom is 0.218 e. The van der Waals surface area contributed by atoms with Gasteiger partial charge in [0, 0.05) is 12.3 Å². The summed E-state index contributed by atoms with van der Waals surface area (Å²) in [5, 5.41) is 9.89. The molecule has 0 fully saturated rings. The number of nitrogens with zero attached hydrogens (tertiary/aromatic N) is 3. The standard InChI is InChI=1S/C11H15N5O/c1-8(2)17-11-5-10(13-7-14-11)12-6-9-3-4-15-16-9/h3-5,7-8H,6H2,1-2H3,(H,15,16)(H,12,13,14). The van der Waals surface area contributed by atoms with Crippen LogP contribution in [0, 0.1) is 0 Å². The van der Waals surface area contributed by atoms with E-state index < -0.39 is 0 Å². The minimum atomic E-state index is 0.102. The fraction of sp³-hybridized carbons (Fsp3) is 0.364. The van der Waals surface area contributed by atoms with E-state index in [0.717, 1.165) is 11.5 Å². The second kappa shape index (κ2) is 5.29. The first-order valence-corrected chi connectivity index (χ1v) is 5.45. The van der Waals surface area contributed by atoms with Crippen LogP contribution in [0.1, 0.15) is 19.5 Å². The van der Waals surface area contributed by atoms with E-state index in [1.54, 1.807) is 12.3 Å². The molecule has 2 N–H and O–H groups in total. The highest BCUT2D eigenvalue weighted by atomic mass is 16.5. The molecule has 0 saturated heterocycles. The fourth-order valence-corrected chi connectivity index (χ4v) is 1.31. The van der Waals surface area contributed by atoms with Gasteiger partial charge in [-0.25, -0.2) is 9.97 Å². The molecule has 6 heteroatoms. The summed E-state index contributed by atoms with van der Waals surface area (Å²) in [5.41, 5.74) is 0.995. The first-order valence-electron chi connectivity index (χ1n) is 5.45. The molecule has 2 aromatic heterocycles. The van der Waals surface area contributed by atoms with E-state index in [9.17, 15) is 0 Å². The second-order valence-electron chi connectivity index (χ2n) is 3.84. The summed E-state index contributed by atoms with van der Waals surface area (Å²) in [7, 11) is 0. The average molecular weight is 233 g/mol. The zero-order valence-corrected chi connectivity index (χ0v) is 9.84. The Morgan fingerprint density at radius 1 is 1.41 bits per heavy atom. The summed E-state index contributed by atoms with van der Waals surface area (Å²) in [5.74, 6) is 1.30. The number of aromatic amines is 1. The van der Waals surface area contributed by atoms with Gasteiger partial charge in [-0.15, -0.1) is 0 Å². The Morgan fingerprint density at radius 3 is 3.00 bits per heavy atom. The molecule has 90 valence electrons. The van der Waals surface area contributed by atoms with Crippen LogP contribution < -0.4 is 10.1 Å². The number of anilines is 1. The number of nitrogens with one attached hydrogen (secondary N) is 2. The highest BCUT2D eigenvalue weighted by molar-refractivity contribution is 5.37. The summed E-state index contributed by atoms with van der Waals surface area (Å²) < 4.78 is 5.48. The van der Waals surface area contributed by atoms with Crippen molar-refractivity contribution >= 4 is 5.82 Å². The van der Waals surface area contributed by atoms with Crippen LogP contribution in [0.4, 0.5) is 5.82 Å². The lowest BCUT2D eigenvalue weighted by atomic mass is 10.4. The van der Waals surface area contributed by atoms with Gasteiger partial charge in [0.1, 0.15) is 12.1 Å². The first-order chi connectivity index (χ1) is 8.24. The lowest BCUT2D eigenvalue weighted by molar-refractivity contribution is 0.232. The minimum absolute atomic E-state index is 0.102. The van der Waals surface area contributed by atoms with Crippen molar-refractivity contribution in [3.8, 4) is 5.88 Å². The van der Waals surface area contributed by atoms with Crippen molar-refractivity contribution in [2.24, 2.45) is 0 Å². The van der Waals surface area contributed by atoms with Crippen LogP contribution in [0.5, 0.6) is 5.88 Å². The molecule has 0 saturated carbocycles. The number of aromatic nitrogens is 4. The largest absolute Gasteiger partial charge is 0.475 e. The Balaban J connectivity index is 1.96. The van der Waals surface area contributed by atoms with Crippen molar-refractivity contribution in [1.82, 2.24) is 20.2 Å². The molecule has 2 rings (SSSR count). The smallest absolute Gasteiger partial charge is 0.218 e. The van der Waals surface area contributed by atoms with Gasteiger partial charge in [-0.2, -0.15) is 5.10 Å². The van der Waals surface area contributed by atoms with E-state index in [2.05, 4.69) is 25.5 Å².